The van der Waals surface area contributed by atoms with Crippen molar-refractivity contribution in [2.75, 3.05) is 0 Å². The Bertz CT molecular complexity index is 355. The fraction of sp³-hybridized carbons (Fsp3) is 0.714. The van der Waals surface area contributed by atoms with Crippen molar-refractivity contribution in [3.8, 4) is 0 Å². The van der Waals surface area contributed by atoms with Gasteiger partial charge in [-0.3, -0.25) is 4.09 Å². The lowest BCUT2D eigenvalue weighted by molar-refractivity contribution is 0.444. The van der Waals surface area contributed by atoms with E-state index < -0.39 is 0 Å². The van der Waals surface area contributed by atoms with Crippen LogP contribution in [0.5, 0.6) is 0 Å². The predicted octanol–water partition coefficient (Wildman–Crippen LogP) is 3.04. The Morgan fingerprint density at radius 1 is 1.69 bits per heavy atom. The number of aromatic amines is 1. The molecule has 2 bridgehead atoms. The second-order valence-electron chi connectivity index (χ2n) is 3.82. The first-order valence-corrected chi connectivity index (χ1v) is 7.24. The minimum Gasteiger partial charge on any atom is -0.313 e. The molecule has 4 unspecified atom stereocenters. The van der Waals surface area contributed by atoms with Gasteiger partial charge in [0.25, 0.3) is 0 Å². The molecule has 3 nitrogen and oxygen atoms in total. The molecule has 1 fully saturated rings. The molecule has 6 heteroatoms. The number of rotatable bonds is 1. The van der Waals surface area contributed by atoms with Crippen LogP contribution in [0.4, 0.5) is 0 Å². The van der Waals surface area contributed by atoms with Crippen molar-refractivity contribution in [1.29, 1.82) is 0 Å². The third-order valence-electron chi connectivity index (χ3n) is 3.07. The zero-order valence-electron chi connectivity index (χ0n) is 7.20. The Morgan fingerprint density at radius 2 is 2.69 bits per heavy atom. The second kappa shape index (κ2) is 3.02. The summed E-state index contributed by atoms with van der Waals surface area (Å²) in [6.07, 6.45) is 8.89. The molecule has 0 aromatic carbocycles. The van der Waals surface area contributed by atoms with E-state index >= 15 is 0 Å². The van der Waals surface area contributed by atoms with Gasteiger partial charge in [0.05, 0.1) is 5.54 Å². The lowest BCUT2D eigenvalue weighted by atomic mass is 10.0. The van der Waals surface area contributed by atoms with Gasteiger partial charge >= 0.3 is 0 Å². The molecule has 4 atom stereocenters. The molecule has 1 saturated carbocycles. The van der Waals surface area contributed by atoms with Gasteiger partial charge in [-0.1, -0.05) is 12.2 Å². The van der Waals surface area contributed by atoms with Gasteiger partial charge in [0.15, 0.2) is 0 Å². The van der Waals surface area contributed by atoms with E-state index in [0.29, 0.717) is 14.0 Å². The number of hydrogen-bond donors (Lipinski definition) is 1. The van der Waals surface area contributed by atoms with Crippen molar-refractivity contribution in [3.05, 3.63) is 12.2 Å². The number of allylic oxidation sites excluding steroid dienone is 2. The van der Waals surface area contributed by atoms with E-state index in [1.54, 1.807) is 0 Å². The van der Waals surface area contributed by atoms with Crippen LogP contribution in [0.1, 0.15) is 19.3 Å². The Hall–Kier alpha value is 0.0400. The third kappa shape index (κ3) is 1.26. The molecule has 0 amide bonds. The molecule has 0 aliphatic heterocycles. The van der Waals surface area contributed by atoms with E-state index in [0.717, 1.165) is 14.4 Å². The van der Waals surface area contributed by atoms with E-state index in [-0.39, 0.29) is 0 Å². The Morgan fingerprint density at radius 3 is 3.23 bits per heavy atom. The van der Waals surface area contributed by atoms with Gasteiger partial charge in [0.1, 0.15) is 8.51 Å². The van der Waals surface area contributed by atoms with Gasteiger partial charge < -0.3 is 4.51 Å². The molecular weight excluding hydrogens is 219 g/mol. The predicted molar refractivity (Wildman–Crippen MR) is 60.2 cm³/mol. The zero-order valence-corrected chi connectivity index (χ0v) is 10.1. The Balaban J connectivity index is 2.06. The van der Waals surface area contributed by atoms with Crippen LogP contribution in [0.2, 0.25) is 0 Å². The monoisotopic (exact) mass is 231 g/mol. The van der Waals surface area contributed by atoms with Gasteiger partial charge in [-0.25, -0.2) is 0 Å². The van der Waals surface area contributed by atoms with Gasteiger partial charge in [0.2, 0.25) is 0 Å². The highest BCUT2D eigenvalue weighted by atomic mass is 31.1. The molecule has 2 aliphatic rings. The van der Waals surface area contributed by atoms with Crippen molar-refractivity contribution in [2.24, 2.45) is 5.92 Å². The van der Waals surface area contributed by atoms with Gasteiger partial charge in [-0.05, 0) is 25.2 Å². The Kier molecular flexibility index (Phi) is 1.94. The van der Waals surface area contributed by atoms with Crippen molar-refractivity contribution in [1.82, 2.24) is 13.1 Å². The average Bonchev–Trinajstić information content (AvgIpc) is 2.80. The van der Waals surface area contributed by atoms with E-state index in [1.807, 2.05) is 0 Å². The fourth-order valence-electron chi connectivity index (χ4n) is 2.38. The standard InChI is InChI=1S/C7H12N3P3/c1-3-7(4-2-6(1)5-7)10-12-8-11-9-13-10/h1,3,6,8,11-12H,2,4-5H2. The van der Waals surface area contributed by atoms with Gasteiger partial charge in [-0.2, -0.15) is 4.51 Å². The van der Waals surface area contributed by atoms with Gasteiger partial charge in [-0.15, -0.1) is 0 Å². The highest BCUT2D eigenvalue weighted by molar-refractivity contribution is 7.44. The maximum absolute atomic E-state index is 4.40. The topological polar surface area (TPSA) is 33.6 Å². The lowest BCUT2D eigenvalue weighted by Gasteiger charge is -2.25. The SMILES string of the molecule is C1=CC2(n3pn[pH][nH][pH]3)CCC1C2. The molecule has 1 aromatic heterocycles. The number of H-pyrrole nitrogens is 1. The number of aromatic nitrogens is 3. The van der Waals surface area contributed by atoms with Crippen LogP contribution >= 0.6 is 25.5 Å². The summed E-state index contributed by atoms with van der Waals surface area (Å²) in [5.74, 6) is 0.865. The minimum absolute atomic E-state index is 0.381. The quantitative estimate of drug-likeness (QED) is 0.740. The summed E-state index contributed by atoms with van der Waals surface area (Å²) in [4.78, 5) is 0. The summed E-state index contributed by atoms with van der Waals surface area (Å²) >= 11 is 0. The molecule has 70 valence electrons. The highest BCUT2D eigenvalue weighted by Crippen LogP contribution is 2.49. The highest BCUT2D eigenvalue weighted by Gasteiger charge is 2.42. The van der Waals surface area contributed by atoms with Crippen molar-refractivity contribution in [2.45, 2.75) is 24.8 Å². The summed E-state index contributed by atoms with van der Waals surface area (Å²) in [7, 11) is 2.57. The zero-order chi connectivity index (χ0) is 8.73. The summed E-state index contributed by atoms with van der Waals surface area (Å²) in [6, 6.07) is 0. The van der Waals surface area contributed by atoms with Crippen molar-refractivity contribution < 1.29 is 0 Å². The first-order chi connectivity index (χ1) is 6.39. The maximum Gasteiger partial charge on any atom is 0.142 e. The lowest BCUT2D eigenvalue weighted by Crippen LogP contribution is -2.22. The van der Waals surface area contributed by atoms with E-state index in [9.17, 15) is 0 Å². The third-order valence-corrected chi connectivity index (χ3v) is 6.52. The smallest absolute Gasteiger partial charge is 0.142 e. The van der Waals surface area contributed by atoms with E-state index in [4.69, 9.17) is 0 Å². The summed E-state index contributed by atoms with van der Waals surface area (Å²) < 4.78 is 10.3. The van der Waals surface area contributed by atoms with Crippen molar-refractivity contribution in [3.63, 3.8) is 0 Å². The van der Waals surface area contributed by atoms with Crippen LogP contribution in [-0.2, 0) is 5.54 Å². The Labute approximate surface area is 82.0 Å². The van der Waals surface area contributed by atoms with Crippen molar-refractivity contribution >= 4 is 25.5 Å². The molecule has 0 radical (unpaired) electrons. The van der Waals surface area contributed by atoms with Crippen LogP contribution in [0.15, 0.2) is 12.2 Å². The van der Waals surface area contributed by atoms with Crippen LogP contribution < -0.4 is 0 Å². The van der Waals surface area contributed by atoms with E-state index in [2.05, 4.69) is 25.3 Å². The molecular formula is C7H12N3P3. The minimum atomic E-state index is 0.381. The van der Waals surface area contributed by atoms with Gasteiger partial charge in [0, 0.05) is 17.0 Å². The first kappa shape index (κ1) is 8.36. The molecule has 1 aromatic rings. The summed E-state index contributed by atoms with van der Waals surface area (Å²) in [5.41, 5.74) is 0.381. The van der Waals surface area contributed by atoms with Crippen LogP contribution in [0.3, 0.4) is 0 Å². The number of nitrogens with zero attached hydrogens (tertiary/aromatic N) is 2. The molecule has 2 aliphatic carbocycles. The van der Waals surface area contributed by atoms with E-state index in [1.165, 1.54) is 27.8 Å². The maximum atomic E-state index is 4.40. The summed E-state index contributed by atoms with van der Waals surface area (Å²) in [6.45, 7) is 0. The molecule has 0 spiro atoms. The molecule has 13 heavy (non-hydrogen) atoms. The van der Waals surface area contributed by atoms with Crippen LogP contribution in [0.25, 0.3) is 0 Å². The number of fused-ring (bicyclic) bond motifs is 2. The molecule has 1 heterocycles. The van der Waals surface area contributed by atoms with Crippen LogP contribution in [-0.4, -0.2) is 13.1 Å². The fourth-order valence-corrected chi connectivity index (χ4v) is 6.15. The average molecular weight is 231 g/mol. The molecule has 3 rings (SSSR count). The largest absolute Gasteiger partial charge is 0.313 e. The normalized spacial score (nSPS) is 37.4. The number of nitrogens with one attached hydrogen (secondary N) is 1. The molecule has 0 saturated heterocycles. The second-order valence-corrected chi connectivity index (χ2v) is 7.47. The first-order valence-electron chi connectivity index (χ1n) is 4.55. The summed E-state index contributed by atoms with van der Waals surface area (Å²) in [5, 5.41) is 0. The van der Waals surface area contributed by atoms with Crippen LogP contribution in [0, 0.1) is 5.92 Å². The molecule has 1 N–H and O–H groups in total. The number of hydrogen-bond acceptors (Lipinski definition) is 1.